The van der Waals surface area contributed by atoms with Gasteiger partial charge in [0.25, 0.3) is 0 Å². The quantitative estimate of drug-likeness (QED) is 0.875. The van der Waals surface area contributed by atoms with E-state index in [1.807, 2.05) is 0 Å². The highest BCUT2D eigenvalue weighted by atomic mass is 16.1. The topological polar surface area (TPSA) is 55.1 Å². The molecule has 0 bridgehead atoms. The van der Waals surface area contributed by atoms with Crippen LogP contribution >= 0.6 is 0 Å². The summed E-state index contributed by atoms with van der Waals surface area (Å²) in [5.41, 5.74) is 11.3. The van der Waals surface area contributed by atoms with Crippen LogP contribution in [0.3, 0.4) is 0 Å². The van der Waals surface area contributed by atoms with Gasteiger partial charge in [-0.3, -0.25) is 4.79 Å². The molecule has 0 unspecified atom stereocenters. The summed E-state index contributed by atoms with van der Waals surface area (Å²) < 4.78 is 0. The Hall–Kier alpha value is -2.13. The molecule has 3 heteroatoms. The highest BCUT2D eigenvalue weighted by molar-refractivity contribution is 5.75. The Morgan fingerprint density at radius 2 is 1.65 bits per heavy atom. The third-order valence-electron chi connectivity index (χ3n) is 3.42. The normalized spacial score (nSPS) is 10.5. The molecular formula is C17H20N2O. The van der Waals surface area contributed by atoms with Crippen molar-refractivity contribution in [2.24, 2.45) is 5.73 Å². The van der Waals surface area contributed by atoms with Crippen LogP contribution in [0.15, 0.2) is 42.5 Å². The summed E-state index contributed by atoms with van der Waals surface area (Å²) in [4.78, 5) is 10.6. The van der Waals surface area contributed by atoms with Crippen molar-refractivity contribution in [3.05, 3.63) is 59.2 Å². The molecule has 0 aliphatic carbocycles. The average Bonchev–Trinajstić information content (AvgIpc) is 2.42. The highest BCUT2D eigenvalue weighted by Crippen LogP contribution is 2.22. The van der Waals surface area contributed by atoms with E-state index in [9.17, 15) is 4.79 Å². The van der Waals surface area contributed by atoms with E-state index in [0.29, 0.717) is 6.54 Å². The number of rotatable bonds is 5. The second-order valence-electron chi connectivity index (χ2n) is 5.07. The standard InChI is InChI=1S/C17H20N2O/c1-12-3-6-16(9-13(12)2)15-7-4-14(5-8-15)10-19-11-17(18)20/h3-9,19H,10-11H2,1-2H3,(H2,18,20). The Labute approximate surface area is 119 Å². The second-order valence-corrected chi connectivity index (χ2v) is 5.07. The Bertz CT molecular complexity index is 603. The van der Waals surface area contributed by atoms with Gasteiger partial charge in [0.05, 0.1) is 6.54 Å². The molecular weight excluding hydrogens is 248 g/mol. The van der Waals surface area contributed by atoms with Gasteiger partial charge in [0.1, 0.15) is 0 Å². The molecule has 20 heavy (non-hydrogen) atoms. The van der Waals surface area contributed by atoms with E-state index in [0.717, 1.165) is 5.56 Å². The number of amides is 1. The minimum atomic E-state index is -0.336. The van der Waals surface area contributed by atoms with Crippen LogP contribution < -0.4 is 11.1 Å². The lowest BCUT2D eigenvalue weighted by atomic mass is 10.00. The van der Waals surface area contributed by atoms with Crippen molar-refractivity contribution < 1.29 is 4.79 Å². The molecule has 3 nitrogen and oxygen atoms in total. The molecule has 0 aliphatic heterocycles. The number of aryl methyl sites for hydroxylation is 2. The Balaban J connectivity index is 2.07. The molecule has 0 aromatic heterocycles. The summed E-state index contributed by atoms with van der Waals surface area (Å²) in [6.07, 6.45) is 0. The van der Waals surface area contributed by atoms with Crippen LogP contribution in [0.2, 0.25) is 0 Å². The van der Waals surface area contributed by atoms with Crippen LogP contribution in [0.25, 0.3) is 11.1 Å². The zero-order valence-electron chi connectivity index (χ0n) is 11.9. The van der Waals surface area contributed by atoms with E-state index in [2.05, 4.69) is 61.6 Å². The predicted molar refractivity (Wildman–Crippen MR) is 82.3 cm³/mol. The van der Waals surface area contributed by atoms with Crippen LogP contribution in [0.4, 0.5) is 0 Å². The minimum Gasteiger partial charge on any atom is -0.369 e. The van der Waals surface area contributed by atoms with E-state index in [-0.39, 0.29) is 12.5 Å². The number of carbonyl (C=O) groups is 1. The van der Waals surface area contributed by atoms with Crippen LogP contribution in [0.5, 0.6) is 0 Å². The van der Waals surface area contributed by atoms with Crippen molar-refractivity contribution in [1.29, 1.82) is 0 Å². The van der Waals surface area contributed by atoms with Crippen LogP contribution in [0.1, 0.15) is 16.7 Å². The van der Waals surface area contributed by atoms with Gasteiger partial charge in [-0.2, -0.15) is 0 Å². The van der Waals surface area contributed by atoms with Gasteiger partial charge in [0.15, 0.2) is 0 Å². The number of carbonyl (C=O) groups excluding carboxylic acids is 1. The summed E-state index contributed by atoms with van der Waals surface area (Å²) in [6, 6.07) is 14.8. The third-order valence-corrected chi connectivity index (χ3v) is 3.42. The SMILES string of the molecule is Cc1ccc(-c2ccc(CNCC(N)=O)cc2)cc1C. The summed E-state index contributed by atoms with van der Waals surface area (Å²) in [6.45, 7) is 5.10. The number of nitrogens with two attached hydrogens (primary N) is 1. The van der Waals surface area contributed by atoms with E-state index in [4.69, 9.17) is 5.73 Å². The lowest BCUT2D eigenvalue weighted by molar-refractivity contribution is -0.117. The van der Waals surface area contributed by atoms with E-state index in [1.54, 1.807) is 0 Å². The van der Waals surface area contributed by atoms with E-state index < -0.39 is 0 Å². The fourth-order valence-corrected chi connectivity index (χ4v) is 2.07. The lowest BCUT2D eigenvalue weighted by Gasteiger charge is -2.07. The Kier molecular flexibility index (Phi) is 4.53. The largest absolute Gasteiger partial charge is 0.369 e. The number of hydrogen-bond donors (Lipinski definition) is 2. The molecule has 104 valence electrons. The van der Waals surface area contributed by atoms with Crippen LogP contribution in [-0.2, 0) is 11.3 Å². The molecule has 3 N–H and O–H groups in total. The van der Waals surface area contributed by atoms with Gasteiger partial charge >= 0.3 is 0 Å². The number of hydrogen-bond acceptors (Lipinski definition) is 2. The maximum Gasteiger partial charge on any atom is 0.231 e. The van der Waals surface area contributed by atoms with Gasteiger partial charge in [-0.15, -0.1) is 0 Å². The van der Waals surface area contributed by atoms with Crippen molar-refractivity contribution in [1.82, 2.24) is 5.32 Å². The summed E-state index contributed by atoms with van der Waals surface area (Å²) >= 11 is 0. The number of primary amides is 1. The first-order chi connectivity index (χ1) is 9.56. The Morgan fingerprint density at radius 1 is 1.00 bits per heavy atom. The second kappa shape index (κ2) is 6.35. The predicted octanol–water partition coefficient (Wildman–Crippen LogP) is 2.55. The minimum absolute atomic E-state index is 0.207. The summed E-state index contributed by atoms with van der Waals surface area (Å²) in [7, 11) is 0. The zero-order valence-corrected chi connectivity index (χ0v) is 11.9. The smallest absolute Gasteiger partial charge is 0.231 e. The molecule has 2 aromatic rings. The van der Waals surface area contributed by atoms with Crippen LogP contribution in [0, 0.1) is 13.8 Å². The third kappa shape index (κ3) is 3.68. The van der Waals surface area contributed by atoms with E-state index in [1.165, 1.54) is 22.3 Å². The van der Waals surface area contributed by atoms with Gasteiger partial charge < -0.3 is 11.1 Å². The molecule has 2 rings (SSSR count). The fourth-order valence-electron chi connectivity index (χ4n) is 2.07. The van der Waals surface area contributed by atoms with Crippen molar-refractivity contribution >= 4 is 5.91 Å². The van der Waals surface area contributed by atoms with Gasteiger partial charge in [-0.25, -0.2) is 0 Å². The monoisotopic (exact) mass is 268 g/mol. The van der Waals surface area contributed by atoms with Gasteiger partial charge in [-0.1, -0.05) is 42.5 Å². The molecule has 0 aliphatic rings. The lowest BCUT2D eigenvalue weighted by Crippen LogP contribution is -2.28. The maximum atomic E-state index is 10.6. The first-order valence-corrected chi connectivity index (χ1v) is 6.72. The Morgan fingerprint density at radius 3 is 2.25 bits per heavy atom. The number of benzene rings is 2. The molecule has 1 amide bonds. The number of nitrogens with one attached hydrogen (secondary N) is 1. The zero-order chi connectivity index (χ0) is 14.5. The van der Waals surface area contributed by atoms with Crippen molar-refractivity contribution in [2.75, 3.05) is 6.54 Å². The summed E-state index contributed by atoms with van der Waals surface area (Å²) in [5.74, 6) is -0.336. The maximum absolute atomic E-state index is 10.6. The van der Waals surface area contributed by atoms with Gasteiger partial charge in [0, 0.05) is 6.54 Å². The highest BCUT2D eigenvalue weighted by Gasteiger charge is 2.01. The van der Waals surface area contributed by atoms with E-state index >= 15 is 0 Å². The van der Waals surface area contributed by atoms with Crippen LogP contribution in [-0.4, -0.2) is 12.5 Å². The molecule has 0 radical (unpaired) electrons. The first kappa shape index (κ1) is 14.3. The average molecular weight is 268 g/mol. The van der Waals surface area contributed by atoms with Gasteiger partial charge in [-0.05, 0) is 41.7 Å². The van der Waals surface area contributed by atoms with Crippen molar-refractivity contribution in [3.8, 4) is 11.1 Å². The van der Waals surface area contributed by atoms with Crippen molar-refractivity contribution in [2.45, 2.75) is 20.4 Å². The molecule has 0 atom stereocenters. The van der Waals surface area contributed by atoms with Crippen molar-refractivity contribution in [3.63, 3.8) is 0 Å². The molecule has 2 aromatic carbocycles. The molecule has 0 heterocycles. The molecule has 0 spiro atoms. The fraction of sp³-hybridized carbons (Fsp3) is 0.235. The molecule has 0 saturated carbocycles. The molecule has 0 fully saturated rings. The summed E-state index contributed by atoms with van der Waals surface area (Å²) in [5, 5.41) is 3.00. The first-order valence-electron chi connectivity index (χ1n) is 6.72. The molecule has 0 saturated heterocycles. The van der Waals surface area contributed by atoms with Gasteiger partial charge in [0.2, 0.25) is 5.91 Å².